The Labute approximate surface area is 212 Å². The van der Waals surface area contributed by atoms with Crippen LogP contribution in [0.5, 0.6) is 0 Å². The molecule has 1 aromatic carbocycles. The average Bonchev–Trinajstić information content (AvgIpc) is 3.08. The van der Waals surface area contributed by atoms with E-state index in [0.717, 1.165) is 19.3 Å². The summed E-state index contributed by atoms with van der Waals surface area (Å²) in [5, 5.41) is 5.21. The van der Waals surface area contributed by atoms with Crippen molar-refractivity contribution in [3.8, 4) is 0 Å². The van der Waals surface area contributed by atoms with E-state index in [4.69, 9.17) is 1.37 Å². The van der Waals surface area contributed by atoms with E-state index >= 15 is 0 Å². The minimum atomic E-state index is -4.97. The molecule has 10 heteroatoms. The van der Waals surface area contributed by atoms with Gasteiger partial charge < -0.3 is 10.6 Å². The molecule has 0 spiro atoms. The standard InChI is InChI=1S/C27H30F6N2O2/c1-24-11-9-17-15(4-8-21-25(17,2)12-10-22(36)35-21)16(24)6-7-19(24)23(37)34-20-13-14(26(28,29)30)3-5-18(20)27(31,32)33/h3,5,10,12-13,15-17,19,21H,4,6-9,11H2,1-2H3,(H,34,37)(H,35,36)/t15-,16-,17-,19+,21+,24-,25+/m0/s1/i7D,23+1,35+1/t7?,15-,16-,17-,19+,21+,24-,25+. The zero-order chi connectivity index (χ0) is 27.8. The summed E-state index contributed by atoms with van der Waals surface area (Å²) in [6.45, 7) is 4.02. The van der Waals surface area contributed by atoms with Crippen LogP contribution in [0.15, 0.2) is 30.4 Å². The third-order valence-corrected chi connectivity index (χ3v) is 9.65. The normalized spacial score (nSPS) is 39.7. The fourth-order valence-corrected chi connectivity index (χ4v) is 7.75. The second-order valence-electron chi connectivity index (χ2n) is 11.5. The van der Waals surface area contributed by atoms with Crippen molar-refractivity contribution in [3.05, 3.63) is 41.5 Å². The maximum atomic E-state index is 13.6. The van der Waals surface area contributed by atoms with Crippen LogP contribution in [0.4, 0.5) is 32.0 Å². The van der Waals surface area contributed by atoms with E-state index in [0.29, 0.717) is 31.0 Å². The molecular weight excluding hydrogens is 500 g/mol. The molecule has 1 aromatic rings. The fourth-order valence-electron chi connectivity index (χ4n) is 7.75. The van der Waals surface area contributed by atoms with Crippen LogP contribution < -0.4 is 10.6 Å². The maximum absolute atomic E-state index is 13.6. The topological polar surface area (TPSA) is 58.2 Å². The Morgan fingerprint density at radius 1 is 1.05 bits per heavy atom. The first-order chi connectivity index (χ1) is 17.6. The highest BCUT2D eigenvalue weighted by atomic mass is 19.4. The molecule has 1 heterocycles. The number of alkyl halides is 6. The van der Waals surface area contributed by atoms with E-state index < -0.39 is 52.8 Å². The number of hydrogen-bond donors (Lipinski definition) is 2. The van der Waals surface area contributed by atoms with Crippen LogP contribution in [0.25, 0.3) is 0 Å². The lowest BCUT2D eigenvalue weighted by atomic mass is 9.48. The van der Waals surface area contributed by atoms with Crippen LogP contribution in [0, 0.1) is 34.5 Å². The van der Waals surface area contributed by atoms with Crippen molar-refractivity contribution in [1.82, 2.24) is 5.32 Å². The van der Waals surface area contributed by atoms with Crippen molar-refractivity contribution >= 4 is 17.5 Å². The van der Waals surface area contributed by atoms with Gasteiger partial charge in [0, 0.05) is 18.7 Å². The largest absolute Gasteiger partial charge is 0.418 e. The van der Waals surface area contributed by atoms with E-state index in [9.17, 15) is 35.9 Å². The smallest absolute Gasteiger partial charge is 0.349 e. The molecule has 1 unspecified atom stereocenters. The number of anilines is 1. The fraction of sp³-hybridized carbons (Fsp3) is 0.630. The molecule has 0 radical (unpaired) electrons. The molecule has 4 aliphatic rings. The van der Waals surface area contributed by atoms with Crippen LogP contribution in [0.3, 0.4) is 0 Å². The van der Waals surface area contributed by atoms with Gasteiger partial charge in [0.25, 0.3) is 0 Å². The molecule has 202 valence electrons. The van der Waals surface area contributed by atoms with Crippen LogP contribution >= 0.6 is 0 Å². The van der Waals surface area contributed by atoms with Crippen LogP contribution in [-0.2, 0) is 21.9 Å². The van der Waals surface area contributed by atoms with E-state index in [1.54, 1.807) is 6.08 Å². The van der Waals surface area contributed by atoms with Gasteiger partial charge >= 0.3 is 12.4 Å². The van der Waals surface area contributed by atoms with Gasteiger partial charge in [-0.1, -0.05) is 19.9 Å². The van der Waals surface area contributed by atoms with Gasteiger partial charge in [0.1, 0.15) is 0 Å². The molecule has 5 rings (SSSR count). The van der Waals surface area contributed by atoms with E-state index in [-0.39, 0.29) is 35.1 Å². The van der Waals surface area contributed by atoms with Crippen molar-refractivity contribution < 1.29 is 37.3 Å². The Balaban J connectivity index is 1.44. The summed E-state index contributed by atoms with van der Waals surface area (Å²) in [4.78, 5) is 25.4. The molecule has 3 saturated carbocycles. The van der Waals surface area contributed by atoms with Gasteiger partial charge in [-0.15, -0.1) is 0 Å². The Hall–Kier alpha value is -2.52. The molecule has 2 amide bonds. The molecule has 0 saturated heterocycles. The monoisotopic (exact) mass is 531 g/mol. The summed E-state index contributed by atoms with van der Waals surface area (Å²) in [6, 6.07) is 0.992. The Bertz CT molecular complexity index is 1180. The lowest BCUT2D eigenvalue weighted by Crippen LogP contribution is -2.59. The van der Waals surface area contributed by atoms with Gasteiger partial charge in [-0.25, -0.2) is 0 Å². The lowest BCUT2D eigenvalue weighted by Gasteiger charge is -2.58. The van der Waals surface area contributed by atoms with Gasteiger partial charge in [0.2, 0.25) is 11.8 Å². The Morgan fingerprint density at radius 3 is 2.46 bits per heavy atom. The number of hydrogen-bond acceptors (Lipinski definition) is 2. The number of amides is 2. The minimum absolute atomic E-state index is 0.000369. The Kier molecular flexibility index (Phi) is 5.69. The number of rotatable bonds is 2. The maximum Gasteiger partial charge on any atom is 0.418 e. The van der Waals surface area contributed by atoms with Crippen LogP contribution in [0.1, 0.15) is 64.8 Å². The summed E-state index contributed by atoms with van der Waals surface area (Å²) < 4.78 is 89.3. The van der Waals surface area contributed by atoms with Gasteiger partial charge in [0.15, 0.2) is 0 Å². The van der Waals surface area contributed by atoms with E-state index in [2.05, 4.69) is 17.6 Å². The minimum Gasteiger partial charge on any atom is -0.349 e. The number of carbonyl (C=O) groups is 2. The molecule has 2 N–H and O–H groups in total. The SMILES string of the molecule is [2H]C1C[C@H]2[C@@H]3CC[C@H]4[15NH]C(=O)C=C[C@]4(C)[C@H]3CC[C@]2(C)[C@H]1[13C](=O)Nc1cc(C(F)(F)F)ccc1C(F)(F)F. The first kappa shape index (κ1) is 24.8. The first-order valence-electron chi connectivity index (χ1n) is 13.1. The predicted molar refractivity (Wildman–Crippen MR) is 124 cm³/mol. The first-order valence-corrected chi connectivity index (χ1v) is 12.6. The molecule has 3 aliphatic carbocycles. The lowest BCUT2D eigenvalue weighted by molar-refractivity contribution is -0.141. The molecular formula is C27H30F6N2O2. The Morgan fingerprint density at radius 2 is 1.78 bits per heavy atom. The summed E-state index contributed by atoms with van der Waals surface area (Å²) in [5.74, 6) is -1.58. The highest BCUT2D eigenvalue weighted by Crippen LogP contribution is 2.65. The second kappa shape index (κ2) is 8.50. The molecule has 0 aromatic heterocycles. The summed E-state index contributed by atoms with van der Waals surface area (Å²) in [7, 11) is 0. The number of carbonyl (C=O) groups excluding carboxylic acids is 2. The number of fused-ring (bicyclic) bond motifs is 5. The zero-order valence-corrected chi connectivity index (χ0v) is 20.5. The van der Waals surface area contributed by atoms with Gasteiger partial charge in [-0.3, -0.25) is 9.59 Å². The highest BCUT2D eigenvalue weighted by Gasteiger charge is 2.61. The zero-order valence-electron chi connectivity index (χ0n) is 21.5. The van der Waals surface area contributed by atoms with Crippen molar-refractivity contribution in [1.29, 1.82) is 0 Å². The van der Waals surface area contributed by atoms with Gasteiger partial charge in [0.05, 0.1) is 16.8 Å². The van der Waals surface area contributed by atoms with E-state index in [1.807, 2.05) is 13.0 Å². The molecule has 8 atom stereocenters. The van der Waals surface area contributed by atoms with Crippen LogP contribution in [0.2, 0.25) is 0 Å². The average molecular weight is 532 g/mol. The summed E-state index contributed by atoms with van der Waals surface area (Å²) in [5.41, 5.74) is -4.54. The molecule has 37 heavy (non-hydrogen) atoms. The number of nitrogens with one attached hydrogen (secondary N) is 2. The van der Waals surface area contributed by atoms with Crippen molar-refractivity contribution in [2.45, 2.75) is 70.7 Å². The predicted octanol–water partition coefficient (Wildman–Crippen LogP) is 6.58. The molecule has 1 aliphatic heterocycles. The van der Waals surface area contributed by atoms with E-state index in [1.165, 1.54) is 0 Å². The van der Waals surface area contributed by atoms with Crippen molar-refractivity contribution in [3.63, 3.8) is 0 Å². The van der Waals surface area contributed by atoms with Crippen molar-refractivity contribution in [2.24, 2.45) is 34.5 Å². The molecule has 0 bridgehead atoms. The third kappa shape index (κ3) is 4.24. The van der Waals surface area contributed by atoms with Crippen molar-refractivity contribution in [2.75, 3.05) is 5.32 Å². The van der Waals surface area contributed by atoms with Gasteiger partial charge in [-0.05, 0) is 85.9 Å². The second-order valence-corrected chi connectivity index (χ2v) is 11.5. The summed E-state index contributed by atoms with van der Waals surface area (Å²) >= 11 is 0. The quantitative estimate of drug-likeness (QED) is 0.258. The molecule has 3 fully saturated rings. The number of benzene rings is 1. The third-order valence-electron chi connectivity index (χ3n) is 9.65. The summed E-state index contributed by atoms with van der Waals surface area (Å²) in [6.07, 6.45) is -4.00. The highest BCUT2D eigenvalue weighted by molar-refractivity contribution is 5.94. The molecule has 4 nitrogen and oxygen atoms in total. The van der Waals surface area contributed by atoms with Crippen LogP contribution in [-0.4, -0.2) is 17.9 Å². The number of halogens is 6. The van der Waals surface area contributed by atoms with Gasteiger partial charge in [-0.2, -0.15) is 26.3 Å².